The lowest BCUT2D eigenvalue weighted by atomic mass is 9.74. The van der Waals surface area contributed by atoms with E-state index in [2.05, 4.69) is 19.2 Å². The molecular weight excluding hydrogens is 218 g/mol. The van der Waals surface area contributed by atoms with Crippen LogP contribution in [-0.2, 0) is 9.53 Å². The Balaban J connectivity index is 2.25. The quantitative estimate of drug-likeness (QED) is 0.548. The van der Waals surface area contributed by atoms with E-state index < -0.39 is 5.97 Å². The molecule has 0 aromatic heterocycles. The van der Waals surface area contributed by atoms with Crippen LogP contribution in [-0.4, -0.2) is 37.4 Å². The normalized spacial score (nSPS) is 18.7. The van der Waals surface area contributed by atoms with Gasteiger partial charge in [-0.2, -0.15) is 0 Å². The van der Waals surface area contributed by atoms with E-state index in [0.29, 0.717) is 12.5 Å². The molecule has 1 aliphatic rings. The van der Waals surface area contributed by atoms with Crippen LogP contribution < -0.4 is 5.32 Å². The second-order valence-electron chi connectivity index (χ2n) is 5.25. The first-order valence-electron chi connectivity index (χ1n) is 6.20. The van der Waals surface area contributed by atoms with Crippen LogP contribution in [0.2, 0.25) is 0 Å². The van der Waals surface area contributed by atoms with Crippen molar-refractivity contribution in [2.75, 3.05) is 26.3 Å². The molecule has 0 aliphatic carbocycles. The fourth-order valence-corrected chi connectivity index (χ4v) is 2.26. The number of nitrogens with one attached hydrogen (secondary N) is 1. The zero-order valence-corrected chi connectivity index (χ0v) is 10.7. The molecule has 1 saturated heterocycles. The Morgan fingerprint density at radius 1 is 1.47 bits per heavy atom. The van der Waals surface area contributed by atoms with E-state index >= 15 is 0 Å². The van der Waals surface area contributed by atoms with E-state index in [9.17, 15) is 4.79 Å². The third-order valence-corrected chi connectivity index (χ3v) is 3.43. The topological polar surface area (TPSA) is 58.6 Å². The summed E-state index contributed by atoms with van der Waals surface area (Å²) in [4.78, 5) is 10.3. The maximum Gasteiger partial charge on any atom is 0.328 e. The van der Waals surface area contributed by atoms with Gasteiger partial charge in [0, 0.05) is 32.4 Å². The Kier molecular flexibility index (Phi) is 5.65. The molecule has 17 heavy (non-hydrogen) atoms. The Bertz CT molecular complexity index is 268. The molecular formula is C13H23NO3. The molecule has 0 radical (unpaired) electrons. The highest BCUT2D eigenvalue weighted by Gasteiger charge is 2.30. The highest BCUT2D eigenvalue weighted by molar-refractivity contribution is 5.79. The van der Waals surface area contributed by atoms with Gasteiger partial charge >= 0.3 is 5.97 Å². The molecule has 98 valence electrons. The van der Waals surface area contributed by atoms with Crippen LogP contribution >= 0.6 is 0 Å². The summed E-state index contributed by atoms with van der Waals surface area (Å²) in [5, 5.41) is 11.7. The van der Waals surface area contributed by atoms with Crippen LogP contribution in [0.15, 0.2) is 12.2 Å². The number of carboxylic acid groups (broad SMARTS) is 1. The summed E-state index contributed by atoms with van der Waals surface area (Å²) in [6.07, 6.45) is 5.07. The van der Waals surface area contributed by atoms with E-state index in [1.807, 2.05) is 0 Å². The van der Waals surface area contributed by atoms with Gasteiger partial charge in [-0.05, 0) is 24.2 Å². The van der Waals surface area contributed by atoms with Gasteiger partial charge in [0.2, 0.25) is 0 Å². The van der Waals surface area contributed by atoms with Crippen LogP contribution in [0.4, 0.5) is 0 Å². The third kappa shape index (κ3) is 5.33. The number of carboxylic acids is 1. The van der Waals surface area contributed by atoms with E-state index in [4.69, 9.17) is 9.84 Å². The number of hydrogen-bond acceptors (Lipinski definition) is 3. The smallest absolute Gasteiger partial charge is 0.328 e. The monoisotopic (exact) mass is 241 g/mol. The maximum absolute atomic E-state index is 10.3. The van der Waals surface area contributed by atoms with Crippen molar-refractivity contribution in [3.05, 3.63) is 12.2 Å². The molecule has 0 atom stereocenters. The minimum absolute atomic E-state index is 0.237. The van der Waals surface area contributed by atoms with Gasteiger partial charge in [0.1, 0.15) is 0 Å². The molecule has 0 spiro atoms. The van der Waals surface area contributed by atoms with Crippen molar-refractivity contribution in [1.82, 2.24) is 5.32 Å². The second-order valence-corrected chi connectivity index (χ2v) is 5.25. The minimum Gasteiger partial charge on any atom is -0.478 e. The van der Waals surface area contributed by atoms with E-state index in [1.54, 1.807) is 6.08 Å². The summed E-state index contributed by atoms with van der Waals surface area (Å²) in [5.74, 6) is -0.206. The van der Waals surface area contributed by atoms with Crippen molar-refractivity contribution >= 4 is 5.97 Å². The first-order chi connectivity index (χ1) is 8.02. The van der Waals surface area contributed by atoms with Gasteiger partial charge in [-0.15, -0.1) is 0 Å². The predicted octanol–water partition coefficient (Wildman–Crippen LogP) is 1.67. The molecule has 1 heterocycles. The second kappa shape index (κ2) is 6.77. The molecule has 1 fully saturated rings. The van der Waals surface area contributed by atoms with Gasteiger partial charge in [0.15, 0.2) is 0 Å². The first-order valence-corrected chi connectivity index (χ1v) is 6.20. The summed E-state index contributed by atoms with van der Waals surface area (Å²) in [6.45, 7) is 7.77. The lowest BCUT2D eigenvalue weighted by Crippen LogP contribution is -2.38. The zero-order chi connectivity index (χ0) is 12.7. The standard InChI is InChI=1S/C13H23NO3/c1-13(2,11-5-8-17-9-6-11)10-14-7-3-4-12(15)16/h3-4,11,14H,5-10H2,1-2H3,(H,15,16)/b4-3+. The van der Waals surface area contributed by atoms with Gasteiger partial charge < -0.3 is 15.2 Å². The van der Waals surface area contributed by atoms with E-state index in [0.717, 1.165) is 32.6 Å². The molecule has 0 saturated carbocycles. The Hall–Kier alpha value is -0.870. The molecule has 0 aromatic carbocycles. The molecule has 1 aliphatic heterocycles. The molecule has 0 amide bonds. The molecule has 2 N–H and O–H groups in total. The maximum atomic E-state index is 10.3. The van der Waals surface area contributed by atoms with Crippen LogP contribution in [0.1, 0.15) is 26.7 Å². The van der Waals surface area contributed by atoms with Crippen molar-refractivity contribution in [1.29, 1.82) is 0 Å². The molecule has 1 rings (SSSR count). The fraction of sp³-hybridized carbons (Fsp3) is 0.769. The van der Waals surface area contributed by atoms with Crippen molar-refractivity contribution in [3.8, 4) is 0 Å². The van der Waals surface area contributed by atoms with E-state index in [-0.39, 0.29) is 5.41 Å². The fourth-order valence-electron chi connectivity index (χ4n) is 2.26. The van der Waals surface area contributed by atoms with Crippen LogP contribution in [0.5, 0.6) is 0 Å². The summed E-state index contributed by atoms with van der Waals surface area (Å²) in [5.41, 5.74) is 0.237. The molecule has 0 unspecified atom stereocenters. The highest BCUT2D eigenvalue weighted by Crippen LogP contribution is 2.33. The molecule has 0 bridgehead atoms. The minimum atomic E-state index is -0.893. The summed E-state index contributed by atoms with van der Waals surface area (Å²) >= 11 is 0. The van der Waals surface area contributed by atoms with Crippen LogP contribution in [0.25, 0.3) is 0 Å². The van der Waals surface area contributed by atoms with Crippen LogP contribution in [0, 0.1) is 11.3 Å². The van der Waals surface area contributed by atoms with Gasteiger partial charge in [0.05, 0.1) is 0 Å². The lowest BCUT2D eigenvalue weighted by Gasteiger charge is -2.37. The molecule has 4 nitrogen and oxygen atoms in total. The van der Waals surface area contributed by atoms with Crippen molar-refractivity contribution < 1.29 is 14.6 Å². The molecule has 4 heteroatoms. The van der Waals surface area contributed by atoms with Crippen molar-refractivity contribution in [2.45, 2.75) is 26.7 Å². The summed E-state index contributed by atoms with van der Waals surface area (Å²) in [7, 11) is 0. The summed E-state index contributed by atoms with van der Waals surface area (Å²) < 4.78 is 5.37. The average molecular weight is 241 g/mol. The largest absolute Gasteiger partial charge is 0.478 e. The van der Waals surface area contributed by atoms with Gasteiger partial charge in [0.25, 0.3) is 0 Å². The van der Waals surface area contributed by atoms with Crippen molar-refractivity contribution in [3.63, 3.8) is 0 Å². The van der Waals surface area contributed by atoms with Gasteiger partial charge in [-0.3, -0.25) is 0 Å². The first kappa shape index (κ1) is 14.2. The van der Waals surface area contributed by atoms with E-state index in [1.165, 1.54) is 6.08 Å². The Morgan fingerprint density at radius 3 is 2.71 bits per heavy atom. The van der Waals surface area contributed by atoms with Crippen molar-refractivity contribution in [2.24, 2.45) is 11.3 Å². The highest BCUT2D eigenvalue weighted by atomic mass is 16.5. The van der Waals surface area contributed by atoms with Gasteiger partial charge in [-0.25, -0.2) is 4.79 Å². The summed E-state index contributed by atoms with van der Waals surface area (Å²) in [6, 6.07) is 0. The number of aliphatic carboxylic acids is 1. The SMILES string of the molecule is CC(C)(CNC/C=C/C(=O)O)C1CCOCC1. The van der Waals surface area contributed by atoms with Gasteiger partial charge in [-0.1, -0.05) is 19.9 Å². The zero-order valence-electron chi connectivity index (χ0n) is 10.7. The number of ether oxygens (including phenoxy) is 1. The number of rotatable bonds is 6. The Labute approximate surface area is 103 Å². The lowest BCUT2D eigenvalue weighted by molar-refractivity contribution is -0.131. The third-order valence-electron chi connectivity index (χ3n) is 3.43. The Morgan fingerprint density at radius 2 is 2.12 bits per heavy atom. The molecule has 0 aromatic rings. The average Bonchev–Trinajstić information content (AvgIpc) is 2.29. The van der Waals surface area contributed by atoms with Crippen LogP contribution in [0.3, 0.4) is 0 Å². The number of carbonyl (C=O) groups is 1. The predicted molar refractivity (Wildman–Crippen MR) is 67.0 cm³/mol. The number of hydrogen-bond donors (Lipinski definition) is 2.